The van der Waals surface area contributed by atoms with Crippen LogP contribution in [0, 0.1) is 0 Å². The van der Waals surface area contributed by atoms with Crippen LogP contribution in [-0.2, 0) is 16.1 Å². The largest absolute Gasteiger partial charge is 0.496 e. The van der Waals surface area contributed by atoms with Gasteiger partial charge in [-0.25, -0.2) is 0 Å². The van der Waals surface area contributed by atoms with Gasteiger partial charge in [-0.2, -0.15) is 0 Å². The molecule has 0 saturated carbocycles. The Morgan fingerprint density at radius 3 is 2.80 bits per heavy atom. The zero-order valence-electron chi connectivity index (χ0n) is 11.9. The maximum Gasteiger partial charge on any atom is 0.221 e. The topological polar surface area (TPSA) is 59.6 Å². The molecule has 1 amide bonds. The third-order valence-corrected chi connectivity index (χ3v) is 3.21. The van der Waals surface area contributed by atoms with Crippen LogP contribution in [-0.4, -0.2) is 39.8 Å². The molecule has 1 aromatic rings. The smallest absolute Gasteiger partial charge is 0.221 e. The quantitative estimate of drug-likeness (QED) is 0.669. The summed E-state index contributed by atoms with van der Waals surface area (Å²) in [6, 6.07) is 5.86. The number of carbonyl (C=O) groups excluding carboxylic acids is 1. The third-order valence-electron chi connectivity index (χ3n) is 2.72. The lowest BCUT2D eigenvalue weighted by Crippen LogP contribution is -2.30. The Morgan fingerprint density at radius 2 is 2.10 bits per heavy atom. The Balaban J connectivity index is 2.27. The Hall–Kier alpha value is -1.11. The van der Waals surface area contributed by atoms with Gasteiger partial charge in [-0.1, -0.05) is 15.9 Å². The summed E-state index contributed by atoms with van der Waals surface area (Å²) in [6.07, 6.45) is 0.444. The fourth-order valence-electron chi connectivity index (χ4n) is 1.69. The molecule has 6 heteroatoms. The molecular formula is C14H21BrN2O3. The summed E-state index contributed by atoms with van der Waals surface area (Å²) < 4.78 is 11.2. The molecule has 0 aliphatic rings. The van der Waals surface area contributed by atoms with Gasteiger partial charge in [0.2, 0.25) is 5.91 Å². The highest BCUT2D eigenvalue weighted by molar-refractivity contribution is 9.10. The monoisotopic (exact) mass is 344 g/mol. The number of benzene rings is 1. The number of ether oxygens (including phenoxy) is 2. The molecule has 1 rings (SSSR count). The van der Waals surface area contributed by atoms with Crippen LogP contribution in [0.3, 0.4) is 0 Å². The van der Waals surface area contributed by atoms with Gasteiger partial charge in [0.1, 0.15) is 5.75 Å². The van der Waals surface area contributed by atoms with Crippen molar-refractivity contribution < 1.29 is 14.3 Å². The lowest BCUT2D eigenvalue weighted by atomic mass is 10.2. The van der Waals surface area contributed by atoms with Crippen LogP contribution in [0.1, 0.15) is 12.0 Å². The van der Waals surface area contributed by atoms with E-state index in [1.807, 2.05) is 18.2 Å². The SMILES string of the molecule is COCCNC(=O)CCNCc1cc(Br)ccc1OC. The van der Waals surface area contributed by atoms with Gasteiger partial charge in [-0.3, -0.25) is 4.79 Å². The molecule has 5 nitrogen and oxygen atoms in total. The van der Waals surface area contributed by atoms with E-state index in [1.165, 1.54) is 0 Å². The number of hydrogen-bond donors (Lipinski definition) is 2. The first-order chi connectivity index (χ1) is 9.67. The highest BCUT2D eigenvalue weighted by atomic mass is 79.9. The minimum atomic E-state index is 0.0238. The van der Waals surface area contributed by atoms with Crippen LogP contribution < -0.4 is 15.4 Å². The van der Waals surface area contributed by atoms with Crippen LogP contribution in [0.4, 0.5) is 0 Å². The summed E-state index contributed by atoms with van der Waals surface area (Å²) in [5, 5.41) is 6.01. The number of halogens is 1. The van der Waals surface area contributed by atoms with Crippen LogP contribution in [0.5, 0.6) is 5.75 Å². The van der Waals surface area contributed by atoms with E-state index in [2.05, 4.69) is 26.6 Å². The normalized spacial score (nSPS) is 10.3. The van der Waals surface area contributed by atoms with E-state index >= 15 is 0 Å². The first kappa shape index (κ1) is 16.9. The van der Waals surface area contributed by atoms with Gasteiger partial charge in [-0.05, 0) is 18.2 Å². The Labute approximate surface area is 128 Å². The summed E-state index contributed by atoms with van der Waals surface area (Å²) in [4.78, 5) is 11.5. The lowest BCUT2D eigenvalue weighted by molar-refractivity contribution is -0.121. The second-order valence-electron chi connectivity index (χ2n) is 4.23. The number of rotatable bonds is 9. The second kappa shape index (κ2) is 9.74. The molecule has 0 aromatic heterocycles. The summed E-state index contributed by atoms with van der Waals surface area (Å²) in [5.41, 5.74) is 1.06. The molecule has 112 valence electrons. The Kier molecular flexibility index (Phi) is 8.25. The molecule has 0 bridgehead atoms. The predicted molar refractivity (Wildman–Crippen MR) is 81.9 cm³/mol. The molecule has 0 fully saturated rings. The molecule has 0 spiro atoms. The van der Waals surface area contributed by atoms with Gasteiger partial charge in [0.05, 0.1) is 13.7 Å². The molecule has 0 unspecified atom stereocenters. The number of amides is 1. The van der Waals surface area contributed by atoms with Crippen molar-refractivity contribution in [3.05, 3.63) is 28.2 Å². The third kappa shape index (κ3) is 6.36. The Bertz CT molecular complexity index is 427. The summed E-state index contributed by atoms with van der Waals surface area (Å²) in [6.45, 7) is 2.37. The average Bonchev–Trinajstić information content (AvgIpc) is 2.44. The van der Waals surface area contributed by atoms with E-state index in [1.54, 1.807) is 14.2 Å². The fourth-order valence-corrected chi connectivity index (χ4v) is 2.10. The number of carbonyl (C=O) groups is 1. The zero-order valence-corrected chi connectivity index (χ0v) is 13.5. The maximum atomic E-state index is 11.5. The molecule has 0 atom stereocenters. The van der Waals surface area contributed by atoms with Crippen molar-refractivity contribution in [3.8, 4) is 5.75 Å². The summed E-state index contributed by atoms with van der Waals surface area (Å²) in [7, 11) is 3.26. The van der Waals surface area contributed by atoms with E-state index in [0.29, 0.717) is 32.7 Å². The first-order valence-electron chi connectivity index (χ1n) is 6.46. The summed E-state index contributed by atoms with van der Waals surface area (Å²) in [5.74, 6) is 0.862. The van der Waals surface area contributed by atoms with Crippen LogP contribution in [0.25, 0.3) is 0 Å². The van der Waals surface area contributed by atoms with E-state index in [4.69, 9.17) is 9.47 Å². The number of nitrogens with one attached hydrogen (secondary N) is 2. The molecule has 0 aliphatic carbocycles. The van der Waals surface area contributed by atoms with E-state index in [0.717, 1.165) is 15.8 Å². The fraction of sp³-hybridized carbons (Fsp3) is 0.500. The zero-order chi connectivity index (χ0) is 14.8. The van der Waals surface area contributed by atoms with Crippen LogP contribution in [0.15, 0.2) is 22.7 Å². The van der Waals surface area contributed by atoms with E-state index < -0.39 is 0 Å². The second-order valence-corrected chi connectivity index (χ2v) is 5.14. The average molecular weight is 345 g/mol. The van der Waals surface area contributed by atoms with Gasteiger partial charge in [0, 0.05) is 43.2 Å². The van der Waals surface area contributed by atoms with Gasteiger partial charge in [-0.15, -0.1) is 0 Å². The molecule has 0 heterocycles. The summed E-state index contributed by atoms with van der Waals surface area (Å²) >= 11 is 3.43. The van der Waals surface area contributed by atoms with Crippen molar-refractivity contribution in [2.45, 2.75) is 13.0 Å². The highest BCUT2D eigenvalue weighted by Gasteiger charge is 2.04. The molecule has 0 aliphatic heterocycles. The van der Waals surface area contributed by atoms with Crippen molar-refractivity contribution in [3.63, 3.8) is 0 Å². The number of methoxy groups -OCH3 is 2. The lowest BCUT2D eigenvalue weighted by Gasteiger charge is -2.10. The van der Waals surface area contributed by atoms with Gasteiger partial charge < -0.3 is 20.1 Å². The maximum absolute atomic E-state index is 11.5. The molecular weight excluding hydrogens is 324 g/mol. The minimum absolute atomic E-state index is 0.0238. The predicted octanol–water partition coefficient (Wildman–Crippen LogP) is 1.70. The molecule has 0 radical (unpaired) electrons. The van der Waals surface area contributed by atoms with Crippen LogP contribution >= 0.6 is 15.9 Å². The Morgan fingerprint density at radius 1 is 1.30 bits per heavy atom. The molecule has 20 heavy (non-hydrogen) atoms. The highest BCUT2D eigenvalue weighted by Crippen LogP contribution is 2.22. The van der Waals surface area contributed by atoms with Crippen molar-refractivity contribution in [2.75, 3.05) is 33.9 Å². The van der Waals surface area contributed by atoms with E-state index in [-0.39, 0.29) is 5.91 Å². The van der Waals surface area contributed by atoms with Crippen molar-refractivity contribution >= 4 is 21.8 Å². The van der Waals surface area contributed by atoms with Gasteiger partial charge >= 0.3 is 0 Å². The van der Waals surface area contributed by atoms with Crippen LogP contribution in [0.2, 0.25) is 0 Å². The number of hydrogen-bond acceptors (Lipinski definition) is 4. The van der Waals surface area contributed by atoms with E-state index in [9.17, 15) is 4.79 Å². The van der Waals surface area contributed by atoms with Crippen molar-refractivity contribution in [2.24, 2.45) is 0 Å². The van der Waals surface area contributed by atoms with Gasteiger partial charge in [0.15, 0.2) is 0 Å². The van der Waals surface area contributed by atoms with Crippen molar-refractivity contribution in [1.29, 1.82) is 0 Å². The minimum Gasteiger partial charge on any atom is -0.496 e. The molecule has 0 saturated heterocycles. The standard InChI is InChI=1S/C14H21BrN2O3/c1-19-8-7-17-14(18)5-6-16-10-11-9-12(15)3-4-13(11)20-2/h3-4,9,16H,5-8,10H2,1-2H3,(H,17,18). The molecule has 1 aromatic carbocycles. The molecule has 2 N–H and O–H groups in total. The first-order valence-corrected chi connectivity index (χ1v) is 7.25. The van der Waals surface area contributed by atoms with Gasteiger partial charge in [0.25, 0.3) is 0 Å². The van der Waals surface area contributed by atoms with Crippen molar-refractivity contribution in [1.82, 2.24) is 10.6 Å².